The highest BCUT2D eigenvalue weighted by Gasteiger charge is 2.20. The van der Waals surface area contributed by atoms with Crippen LogP contribution in [0.25, 0.3) is 16.7 Å². The van der Waals surface area contributed by atoms with Gasteiger partial charge in [0.2, 0.25) is 0 Å². The molecule has 0 heterocycles. The fourth-order valence-electron chi connectivity index (χ4n) is 4.02. The van der Waals surface area contributed by atoms with Crippen molar-refractivity contribution in [3.8, 4) is 11.1 Å². The van der Waals surface area contributed by atoms with Gasteiger partial charge in [-0.2, -0.15) is 0 Å². The first-order valence-electron chi connectivity index (χ1n) is 10.3. The molecule has 1 aliphatic rings. The van der Waals surface area contributed by atoms with Gasteiger partial charge in [-0.3, -0.25) is 0 Å². The molecule has 0 atom stereocenters. The van der Waals surface area contributed by atoms with Crippen LogP contribution in [0.4, 0.5) is 22.0 Å². The maximum Gasteiger partial charge on any atom is 0.194 e. The van der Waals surface area contributed by atoms with E-state index in [-0.39, 0.29) is 16.9 Å². The van der Waals surface area contributed by atoms with Gasteiger partial charge < -0.3 is 0 Å². The number of rotatable bonds is 5. The molecule has 160 valence electrons. The first-order valence-corrected chi connectivity index (χ1v) is 10.3. The van der Waals surface area contributed by atoms with Crippen LogP contribution in [0.3, 0.4) is 0 Å². The molecule has 0 unspecified atom stereocenters. The van der Waals surface area contributed by atoms with Crippen molar-refractivity contribution in [2.24, 2.45) is 0 Å². The topological polar surface area (TPSA) is 0 Å². The Labute approximate surface area is 178 Å². The highest BCUT2D eigenvalue weighted by molar-refractivity contribution is 5.73. The molecular weight excluding hydrogens is 407 g/mol. The van der Waals surface area contributed by atoms with Crippen LogP contribution in [0.1, 0.15) is 42.0 Å². The van der Waals surface area contributed by atoms with Crippen molar-refractivity contribution in [2.45, 2.75) is 39.0 Å². The Bertz CT molecular complexity index is 1150. The molecule has 4 rings (SSSR count). The Morgan fingerprint density at radius 2 is 1.45 bits per heavy atom. The Balaban J connectivity index is 1.63. The molecule has 31 heavy (non-hydrogen) atoms. The van der Waals surface area contributed by atoms with Gasteiger partial charge in [-0.1, -0.05) is 31.6 Å². The third-order valence-corrected chi connectivity index (χ3v) is 5.73. The van der Waals surface area contributed by atoms with E-state index in [0.717, 1.165) is 48.1 Å². The summed E-state index contributed by atoms with van der Waals surface area (Å²) in [6, 6.07) is 9.64. The summed E-state index contributed by atoms with van der Waals surface area (Å²) < 4.78 is 69.9. The molecule has 0 fully saturated rings. The van der Waals surface area contributed by atoms with E-state index >= 15 is 0 Å². The number of allylic oxidation sites excluding steroid dienone is 2. The third-order valence-electron chi connectivity index (χ3n) is 5.73. The second-order valence-corrected chi connectivity index (χ2v) is 7.88. The molecule has 0 aromatic heterocycles. The van der Waals surface area contributed by atoms with Crippen LogP contribution in [-0.4, -0.2) is 0 Å². The van der Waals surface area contributed by atoms with Gasteiger partial charge in [-0.15, -0.1) is 0 Å². The highest BCUT2D eigenvalue weighted by Crippen LogP contribution is 2.34. The molecule has 5 heteroatoms. The zero-order valence-corrected chi connectivity index (χ0v) is 17.0. The minimum atomic E-state index is -1.59. The summed E-state index contributed by atoms with van der Waals surface area (Å²) in [5.74, 6) is -5.28. The number of unbranched alkanes of at least 4 members (excludes halogenated alkanes) is 1. The van der Waals surface area contributed by atoms with E-state index in [4.69, 9.17) is 0 Å². The smallest absolute Gasteiger partial charge is 0.194 e. The van der Waals surface area contributed by atoms with E-state index in [1.807, 2.05) is 12.1 Å². The number of halogens is 5. The SMILES string of the molecule is CCCCc1ccc(C2=CCc3cc(-c4cc(F)c(F)c(F)c4)c(F)cc3C2)c(F)c1. The third kappa shape index (κ3) is 4.27. The number of hydrogen-bond acceptors (Lipinski definition) is 0. The second kappa shape index (κ2) is 8.66. The molecule has 0 aliphatic heterocycles. The normalized spacial score (nSPS) is 13.2. The van der Waals surface area contributed by atoms with Crippen molar-refractivity contribution >= 4 is 5.57 Å². The van der Waals surface area contributed by atoms with Gasteiger partial charge >= 0.3 is 0 Å². The summed E-state index contributed by atoms with van der Waals surface area (Å²) in [6.45, 7) is 2.09. The Morgan fingerprint density at radius 3 is 2.13 bits per heavy atom. The largest absolute Gasteiger partial charge is 0.206 e. The van der Waals surface area contributed by atoms with Crippen molar-refractivity contribution in [1.82, 2.24) is 0 Å². The zero-order chi connectivity index (χ0) is 22.1. The maximum absolute atomic E-state index is 14.8. The standard InChI is InChI=1S/C26H21F5/c1-2-3-4-15-5-8-20(22(27)9-15)17-7-6-16-11-21(23(28)12-18(16)10-17)19-13-24(29)26(31)25(30)14-19/h5,7-9,11-14H,2-4,6,10H2,1H3. The van der Waals surface area contributed by atoms with Crippen LogP contribution in [0.15, 0.2) is 48.5 Å². The Hall–Kier alpha value is -2.95. The summed E-state index contributed by atoms with van der Waals surface area (Å²) in [4.78, 5) is 0. The summed E-state index contributed by atoms with van der Waals surface area (Å²) in [5.41, 5.74) is 3.63. The maximum atomic E-state index is 14.8. The zero-order valence-electron chi connectivity index (χ0n) is 17.0. The molecule has 0 radical (unpaired) electrons. The molecule has 3 aromatic carbocycles. The van der Waals surface area contributed by atoms with Crippen molar-refractivity contribution in [2.75, 3.05) is 0 Å². The molecule has 0 spiro atoms. The molecule has 0 nitrogen and oxygen atoms in total. The number of fused-ring (bicyclic) bond motifs is 1. The van der Waals surface area contributed by atoms with Crippen molar-refractivity contribution in [3.63, 3.8) is 0 Å². The molecule has 1 aliphatic carbocycles. The van der Waals surface area contributed by atoms with Gasteiger partial charge in [0.05, 0.1) is 0 Å². The van der Waals surface area contributed by atoms with Crippen molar-refractivity contribution in [1.29, 1.82) is 0 Å². The van der Waals surface area contributed by atoms with Crippen LogP contribution in [0.2, 0.25) is 0 Å². The van der Waals surface area contributed by atoms with Crippen molar-refractivity contribution < 1.29 is 22.0 Å². The monoisotopic (exact) mass is 428 g/mol. The van der Waals surface area contributed by atoms with E-state index in [0.29, 0.717) is 24.0 Å². The Kier molecular flexibility index (Phi) is 5.94. The predicted molar refractivity (Wildman–Crippen MR) is 112 cm³/mol. The van der Waals surface area contributed by atoms with Gasteiger partial charge in [0.25, 0.3) is 0 Å². The van der Waals surface area contributed by atoms with E-state index in [2.05, 4.69) is 6.92 Å². The highest BCUT2D eigenvalue weighted by atomic mass is 19.2. The fourth-order valence-corrected chi connectivity index (χ4v) is 4.02. The van der Waals surface area contributed by atoms with E-state index in [9.17, 15) is 22.0 Å². The lowest BCUT2D eigenvalue weighted by molar-refractivity contribution is 0.447. The van der Waals surface area contributed by atoms with Gasteiger partial charge in [0.15, 0.2) is 17.5 Å². The van der Waals surface area contributed by atoms with Gasteiger partial charge in [0.1, 0.15) is 11.6 Å². The summed E-state index contributed by atoms with van der Waals surface area (Å²) in [7, 11) is 0. The van der Waals surface area contributed by atoms with Crippen molar-refractivity contribution in [3.05, 3.63) is 99.9 Å². The minimum absolute atomic E-state index is 0.000132. The number of hydrogen-bond donors (Lipinski definition) is 0. The average Bonchev–Trinajstić information content (AvgIpc) is 2.75. The van der Waals surface area contributed by atoms with Crippen LogP contribution < -0.4 is 0 Å². The predicted octanol–water partition coefficient (Wildman–Crippen LogP) is 7.57. The molecule has 0 bridgehead atoms. The summed E-state index contributed by atoms with van der Waals surface area (Å²) in [6.07, 6.45) is 5.54. The molecule has 0 N–H and O–H groups in total. The van der Waals surface area contributed by atoms with Gasteiger partial charge in [-0.05, 0) is 83.8 Å². The average molecular weight is 428 g/mol. The summed E-state index contributed by atoms with van der Waals surface area (Å²) >= 11 is 0. The van der Waals surface area contributed by atoms with Gasteiger partial charge in [0, 0.05) is 11.1 Å². The van der Waals surface area contributed by atoms with Crippen LogP contribution in [-0.2, 0) is 19.3 Å². The second-order valence-electron chi connectivity index (χ2n) is 7.88. The quantitative estimate of drug-likeness (QED) is 0.290. The number of benzene rings is 3. The summed E-state index contributed by atoms with van der Waals surface area (Å²) in [5, 5.41) is 0. The van der Waals surface area contributed by atoms with E-state index in [1.165, 1.54) is 12.1 Å². The minimum Gasteiger partial charge on any atom is -0.206 e. The molecule has 0 saturated heterocycles. The number of aryl methyl sites for hydroxylation is 1. The van der Waals surface area contributed by atoms with Crippen LogP contribution in [0.5, 0.6) is 0 Å². The van der Waals surface area contributed by atoms with Gasteiger partial charge in [-0.25, -0.2) is 22.0 Å². The lowest BCUT2D eigenvalue weighted by atomic mass is 9.85. The molecule has 0 amide bonds. The molecule has 0 saturated carbocycles. The Morgan fingerprint density at radius 1 is 0.742 bits per heavy atom. The van der Waals surface area contributed by atoms with Crippen LogP contribution >= 0.6 is 0 Å². The first-order chi connectivity index (χ1) is 14.9. The van der Waals surface area contributed by atoms with E-state index < -0.39 is 23.3 Å². The molecule has 3 aromatic rings. The molecular formula is C26H21F5. The van der Waals surface area contributed by atoms with Crippen LogP contribution in [0, 0.1) is 29.1 Å². The lowest BCUT2D eigenvalue weighted by Gasteiger charge is -2.20. The fraction of sp³-hybridized carbons (Fsp3) is 0.231. The lowest BCUT2D eigenvalue weighted by Crippen LogP contribution is -2.06. The first kappa shape index (κ1) is 21.3. The van der Waals surface area contributed by atoms with E-state index in [1.54, 1.807) is 12.1 Å².